The van der Waals surface area contributed by atoms with Gasteiger partial charge in [0.2, 0.25) is 0 Å². The average Bonchev–Trinajstić information content (AvgIpc) is 2.74. The second-order valence-corrected chi connectivity index (χ2v) is 6.73. The molecular weight excluding hydrogens is 304 g/mol. The molecule has 1 aliphatic rings. The number of nitrogens with two attached hydrogens (primary N) is 1. The van der Waals surface area contributed by atoms with Crippen molar-refractivity contribution in [1.82, 2.24) is 4.90 Å². The maximum atomic E-state index is 11.0. The van der Waals surface area contributed by atoms with E-state index in [9.17, 15) is 4.79 Å². The van der Waals surface area contributed by atoms with Crippen LogP contribution < -0.4 is 5.73 Å². The summed E-state index contributed by atoms with van der Waals surface area (Å²) < 4.78 is 1.12. The van der Waals surface area contributed by atoms with E-state index in [2.05, 4.69) is 33.8 Å². The molecule has 3 N–H and O–H groups in total. The molecule has 0 saturated carbocycles. The minimum atomic E-state index is -1.07. The van der Waals surface area contributed by atoms with Crippen LogP contribution in [0.3, 0.4) is 0 Å². The van der Waals surface area contributed by atoms with E-state index in [1.54, 1.807) is 11.3 Å². The van der Waals surface area contributed by atoms with E-state index in [0.717, 1.165) is 17.6 Å². The Morgan fingerprint density at radius 1 is 1.76 bits per heavy atom. The first-order valence-corrected chi connectivity index (χ1v) is 7.01. The molecule has 2 heterocycles. The monoisotopic (exact) mass is 318 g/mol. The standard InChI is InChI=1S/C11H15BrN2O2S/c1-7-9(12)4-8(17-7)5-14-3-2-11(13,6-14)10(15)16/h4H,2-3,5-6,13H2,1H3,(H,15,16). The largest absolute Gasteiger partial charge is 0.480 e. The first kappa shape index (κ1) is 13.0. The summed E-state index contributed by atoms with van der Waals surface area (Å²) in [5.41, 5.74) is 4.77. The van der Waals surface area contributed by atoms with Gasteiger partial charge in [0.25, 0.3) is 0 Å². The number of carbonyl (C=O) groups is 1. The first-order valence-electron chi connectivity index (χ1n) is 5.40. The van der Waals surface area contributed by atoms with Gasteiger partial charge in [0.05, 0.1) is 0 Å². The lowest BCUT2D eigenvalue weighted by molar-refractivity contribution is -0.142. The molecule has 1 saturated heterocycles. The number of hydrogen-bond donors (Lipinski definition) is 2. The van der Waals surface area contributed by atoms with Crippen molar-refractivity contribution in [3.05, 3.63) is 20.3 Å². The van der Waals surface area contributed by atoms with Crippen LogP contribution in [0.4, 0.5) is 0 Å². The molecule has 4 nitrogen and oxygen atoms in total. The first-order chi connectivity index (χ1) is 7.90. The van der Waals surface area contributed by atoms with Gasteiger partial charge < -0.3 is 10.8 Å². The number of nitrogens with zero attached hydrogens (tertiary/aromatic N) is 1. The van der Waals surface area contributed by atoms with Crippen LogP contribution in [0.5, 0.6) is 0 Å². The Balaban J connectivity index is 2.01. The Labute approximate surface area is 113 Å². The van der Waals surface area contributed by atoms with E-state index in [1.807, 2.05) is 0 Å². The number of hydrogen-bond acceptors (Lipinski definition) is 4. The maximum Gasteiger partial charge on any atom is 0.325 e. The lowest BCUT2D eigenvalue weighted by atomic mass is 10.0. The number of carboxylic acids is 1. The topological polar surface area (TPSA) is 66.6 Å². The third kappa shape index (κ3) is 2.70. The smallest absolute Gasteiger partial charge is 0.325 e. The summed E-state index contributed by atoms with van der Waals surface area (Å²) in [5.74, 6) is -0.899. The highest BCUT2D eigenvalue weighted by Crippen LogP contribution is 2.29. The molecule has 0 amide bonds. The number of rotatable bonds is 3. The Bertz CT molecular complexity index is 429. The third-order valence-corrected chi connectivity index (χ3v) is 5.21. The van der Waals surface area contributed by atoms with Crippen molar-refractivity contribution < 1.29 is 9.90 Å². The van der Waals surface area contributed by atoms with Crippen LogP contribution in [-0.2, 0) is 11.3 Å². The van der Waals surface area contributed by atoms with Gasteiger partial charge in [-0.3, -0.25) is 9.69 Å². The predicted molar refractivity (Wildman–Crippen MR) is 71.2 cm³/mol. The minimum Gasteiger partial charge on any atom is -0.480 e. The Hall–Kier alpha value is -0.430. The number of likely N-dealkylation sites (tertiary alicyclic amines) is 1. The summed E-state index contributed by atoms with van der Waals surface area (Å²) in [6.45, 7) is 4.02. The summed E-state index contributed by atoms with van der Waals surface area (Å²) in [7, 11) is 0. The van der Waals surface area contributed by atoms with Crippen LogP contribution in [-0.4, -0.2) is 34.6 Å². The number of thiophene rings is 1. The quantitative estimate of drug-likeness (QED) is 0.892. The second kappa shape index (κ2) is 4.68. The molecule has 0 bridgehead atoms. The molecule has 1 aromatic heterocycles. The van der Waals surface area contributed by atoms with Gasteiger partial charge in [0, 0.05) is 33.9 Å². The summed E-state index contributed by atoms with van der Waals surface area (Å²) in [5, 5.41) is 9.05. The summed E-state index contributed by atoms with van der Waals surface area (Å²) >= 11 is 5.22. The van der Waals surface area contributed by atoms with E-state index in [4.69, 9.17) is 10.8 Å². The van der Waals surface area contributed by atoms with Crippen molar-refractivity contribution in [3.63, 3.8) is 0 Å². The number of aryl methyl sites for hydroxylation is 1. The molecule has 1 fully saturated rings. The van der Waals surface area contributed by atoms with Gasteiger partial charge >= 0.3 is 5.97 Å². The number of halogens is 1. The highest BCUT2D eigenvalue weighted by atomic mass is 79.9. The van der Waals surface area contributed by atoms with Crippen molar-refractivity contribution >= 4 is 33.2 Å². The number of carboxylic acid groups (broad SMARTS) is 1. The predicted octanol–water partition coefficient (Wildman–Crippen LogP) is 1.81. The molecule has 0 spiro atoms. The Morgan fingerprint density at radius 2 is 2.47 bits per heavy atom. The third-order valence-electron chi connectivity index (χ3n) is 3.09. The van der Waals surface area contributed by atoms with Crippen LogP contribution in [0.1, 0.15) is 16.2 Å². The highest BCUT2D eigenvalue weighted by molar-refractivity contribution is 9.10. The van der Waals surface area contributed by atoms with Gasteiger partial charge in [-0.15, -0.1) is 11.3 Å². The average molecular weight is 319 g/mol. The molecule has 6 heteroatoms. The zero-order chi connectivity index (χ0) is 12.6. The maximum absolute atomic E-state index is 11.0. The van der Waals surface area contributed by atoms with E-state index in [-0.39, 0.29) is 0 Å². The highest BCUT2D eigenvalue weighted by Gasteiger charge is 2.41. The van der Waals surface area contributed by atoms with Gasteiger partial charge in [-0.1, -0.05) is 0 Å². The van der Waals surface area contributed by atoms with Gasteiger partial charge in [0.1, 0.15) is 5.54 Å². The van der Waals surface area contributed by atoms with Crippen LogP contribution in [0.25, 0.3) is 0 Å². The number of aliphatic carboxylic acids is 1. The molecule has 17 heavy (non-hydrogen) atoms. The lowest BCUT2D eigenvalue weighted by Crippen LogP contribution is -2.49. The fourth-order valence-electron chi connectivity index (χ4n) is 2.04. The molecule has 2 rings (SSSR count). The summed E-state index contributed by atoms with van der Waals surface area (Å²) in [6.07, 6.45) is 0.522. The molecule has 1 aromatic rings. The van der Waals surface area contributed by atoms with Gasteiger partial charge in [-0.2, -0.15) is 0 Å². The Kier molecular flexibility index (Phi) is 3.58. The lowest BCUT2D eigenvalue weighted by Gasteiger charge is -2.19. The fourth-order valence-corrected chi connectivity index (χ4v) is 3.68. The van der Waals surface area contributed by atoms with Crippen molar-refractivity contribution in [2.45, 2.75) is 25.4 Å². The zero-order valence-electron chi connectivity index (χ0n) is 9.57. The van der Waals surface area contributed by atoms with Crippen LogP contribution in [0.2, 0.25) is 0 Å². The van der Waals surface area contributed by atoms with Crippen molar-refractivity contribution in [1.29, 1.82) is 0 Å². The van der Waals surface area contributed by atoms with Crippen molar-refractivity contribution in [2.24, 2.45) is 5.73 Å². The molecular formula is C11H15BrN2O2S. The molecule has 1 aliphatic heterocycles. The molecule has 1 unspecified atom stereocenters. The van der Waals surface area contributed by atoms with Crippen LogP contribution in [0.15, 0.2) is 10.5 Å². The molecule has 1 atom stereocenters. The van der Waals surface area contributed by atoms with Gasteiger partial charge in [0.15, 0.2) is 0 Å². The fraction of sp³-hybridized carbons (Fsp3) is 0.545. The molecule has 0 aliphatic carbocycles. The molecule has 0 aromatic carbocycles. The Morgan fingerprint density at radius 3 is 2.94 bits per heavy atom. The van der Waals surface area contributed by atoms with Crippen molar-refractivity contribution in [3.8, 4) is 0 Å². The summed E-state index contributed by atoms with van der Waals surface area (Å²) in [6, 6.07) is 2.09. The van der Waals surface area contributed by atoms with Crippen LogP contribution in [0, 0.1) is 6.92 Å². The van der Waals surface area contributed by atoms with E-state index >= 15 is 0 Å². The van der Waals surface area contributed by atoms with Gasteiger partial charge in [-0.25, -0.2) is 0 Å². The molecule has 94 valence electrons. The minimum absolute atomic E-state index is 0.427. The SMILES string of the molecule is Cc1sc(CN2CCC(N)(C(=O)O)C2)cc1Br. The van der Waals surface area contributed by atoms with E-state index in [0.29, 0.717) is 13.0 Å². The zero-order valence-corrected chi connectivity index (χ0v) is 12.0. The normalized spacial score (nSPS) is 25.4. The second-order valence-electron chi connectivity index (χ2n) is 4.54. The van der Waals surface area contributed by atoms with Crippen LogP contribution >= 0.6 is 27.3 Å². The molecule has 0 radical (unpaired) electrons. The summed E-state index contributed by atoms with van der Waals surface area (Å²) in [4.78, 5) is 15.6. The van der Waals surface area contributed by atoms with E-state index < -0.39 is 11.5 Å². The van der Waals surface area contributed by atoms with Crippen molar-refractivity contribution in [2.75, 3.05) is 13.1 Å². The van der Waals surface area contributed by atoms with Gasteiger partial charge in [-0.05, 0) is 35.3 Å². The van der Waals surface area contributed by atoms with E-state index in [1.165, 1.54) is 9.75 Å².